The van der Waals surface area contributed by atoms with Crippen molar-refractivity contribution >= 4 is 16.8 Å². The van der Waals surface area contributed by atoms with Crippen molar-refractivity contribution in [3.63, 3.8) is 0 Å². The van der Waals surface area contributed by atoms with E-state index in [0.717, 1.165) is 16.5 Å². The van der Waals surface area contributed by atoms with Crippen molar-refractivity contribution in [3.8, 4) is 11.5 Å². The molecule has 0 saturated carbocycles. The zero-order valence-corrected chi connectivity index (χ0v) is 14.4. The standard InChI is InChI=1S/C19H21N3O3/c1-24-17-8-7-14(11-18(17)25-2)12-20-19(23)9-10-22-16-6-4-3-5-15(16)13-21-22/h3-8,11,13H,9-10,12H2,1-2H3,(H,20,23). The number of methoxy groups -OCH3 is 2. The lowest BCUT2D eigenvalue weighted by Crippen LogP contribution is -2.24. The van der Waals surface area contributed by atoms with Gasteiger partial charge in [0.2, 0.25) is 5.91 Å². The number of carbonyl (C=O) groups excluding carboxylic acids is 1. The zero-order valence-electron chi connectivity index (χ0n) is 14.4. The molecule has 0 fully saturated rings. The molecule has 1 aromatic heterocycles. The lowest BCUT2D eigenvalue weighted by molar-refractivity contribution is -0.121. The summed E-state index contributed by atoms with van der Waals surface area (Å²) >= 11 is 0. The minimum Gasteiger partial charge on any atom is -0.493 e. The number of ether oxygens (including phenoxy) is 2. The number of fused-ring (bicyclic) bond motifs is 1. The third-order valence-electron chi connectivity index (χ3n) is 4.04. The summed E-state index contributed by atoms with van der Waals surface area (Å²) in [6.07, 6.45) is 2.19. The van der Waals surface area contributed by atoms with Crippen LogP contribution in [-0.2, 0) is 17.9 Å². The predicted octanol–water partition coefficient (Wildman–Crippen LogP) is 2.76. The number of amides is 1. The van der Waals surface area contributed by atoms with Crippen LogP contribution >= 0.6 is 0 Å². The first-order valence-electron chi connectivity index (χ1n) is 8.09. The average Bonchev–Trinajstić information content (AvgIpc) is 3.07. The molecule has 3 rings (SSSR count). The van der Waals surface area contributed by atoms with Crippen molar-refractivity contribution in [2.24, 2.45) is 0 Å². The summed E-state index contributed by atoms with van der Waals surface area (Å²) in [5, 5.41) is 8.33. The van der Waals surface area contributed by atoms with E-state index in [0.29, 0.717) is 31.0 Å². The number of aromatic nitrogens is 2. The Kier molecular flexibility index (Phi) is 5.18. The molecule has 0 aliphatic rings. The van der Waals surface area contributed by atoms with E-state index in [4.69, 9.17) is 9.47 Å². The Bertz CT molecular complexity index is 873. The molecule has 130 valence electrons. The van der Waals surface area contributed by atoms with Gasteiger partial charge in [-0.3, -0.25) is 9.48 Å². The fourth-order valence-corrected chi connectivity index (χ4v) is 2.69. The molecule has 1 N–H and O–H groups in total. The lowest BCUT2D eigenvalue weighted by Gasteiger charge is -2.10. The molecule has 6 nitrogen and oxygen atoms in total. The monoisotopic (exact) mass is 339 g/mol. The normalized spacial score (nSPS) is 10.6. The van der Waals surface area contributed by atoms with Crippen LogP contribution in [0.15, 0.2) is 48.7 Å². The molecule has 3 aromatic rings. The number of rotatable bonds is 7. The first-order chi connectivity index (χ1) is 12.2. The third-order valence-corrected chi connectivity index (χ3v) is 4.04. The molecule has 6 heteroatoms. The largest absolute Gasteiger partial charge is 0.493 e. The van der Waals surface area contributed by atoms with Gasteiger partial charge < -0.3 is 14.8 Å². The number of nitrogens with zero attached hydrogens (tertiary/aromatic N) is 2. The third kappa shape index (κ3) is 3.91. The molecule has 0 bridgehead atoms. The van der Waals surface area contributed by atoms with Crippen LogP contribution in [0.5, 0.6) is 11.5 Å². The molecule has 1 heterocycles. The van der Waals surface area contributed by atoms with Crippen LogP contribution in [-0.4, -0.2) is 29.9 Å². The molecule has 2 aromatic carbocycles. The van der Waals surface area contributed by atoms with E-state index in [9.17, 15) is 4.79 Å². The van der Waals surface area contributed by atoms with Crippen LogP contribution < -0.4 is 14.8 Å². The van der Waals surface area contributed by atoms with E-state index < -0.39 is 0 Å². The van der Waals surface area contributed by atoms with E-state index in [1.807, 2.05) is 53.3 Å². The van der Waals surface area contributed by atoms with Crippen molar-refractivity contribution < 1.29 is 14.3 Å². The van der Waals surface area contributed by atoms with Crippen LogP contribution in [0.2, 0.25) is 0 Å². The van der Waals surface area contributed by atoms with Gasteiger partial charge in [0, 0.05) is 18.4 Å². The zero-order chi connectivity index (χ0) is 17.6. The predicted molar refractivity (Wildman–Crippen MR) is 95.7 cm³/mol. The Balaban J connectivity index is 1.54. The maximum absolute atomic E-state index is 12.1. The minimum atomic E-state index is -0.0191. The number of para-hydroxylation sites is 1. The summed E-state index contributed by atoms with van der Waals surface area (Å²) < 4.78 is 12.3. The Morgan fingerprint density at radius 3 is 2.72 bits per heavy atom. The second-order valence-corrected chi connectivity index (χ2v) is 5.64. The molecule has 0 spiro atoms. The molecule has 0 aliphatic heterocycles. The van der Waals surface area contributed by atoms with E-state index in [1.54, 1.807) is 14.2 Å². The number of hydrogen-bond acceptors (Lipinski definition) is 4. The summed E-state index contributed by atoms with van der Waals surface area (Å²) in [5.41, 5.74) is 1.99. The summed E-state index contributed by atoms with van der Waals surface area (Å²) in [6.45, 7) is 0.990. The maximum Gasteiger partial charge on any atom is 0.222 e. The van der Waals surface area contributed by atoms with Crippen molar-refractivity contribution in [1.29, 1.82) is 0 Å². The molecule has 0 atom stereocenters. The molecular weight excluding hydrogens is 318 g/mol. The van der Waals surface area contributed by atoms with Gasteiger partial charge in [0.15, 0.2) is 11.5 Å². The van der Waals surface area contributed by atoms with Crippen molar-refractivity contribution in [3.05, 3.63) is 54.2 Å². The van der Waals surface area contributed by atoms with Crippen LogP contribution in [0.25, 0.3) is 10.9 Å². The van der Waals surface area contributed by atoms with Gasteiger partial charge in [-0.15, -0.1) is 0 Å². The van der Waals surface area contributed by atoms with Crippen molar-refractivity contribution in [1.82, 2.24) is 15.1 Å². The van der Waals surface area contributed by atoms with Gasteiger partial charge in [-0.1, -0.05) is 24.3 Å². The quantitative estimate of drug-likeness (QED) is 0.719. The van der Waals surface area contributed by atoms with Crippen molar-refractivity contribution in [2.45, 2.75) is 19.5 Å². The van der Waals surface area contributed by atoms with E-state index >= 15 is 0 Å². The van der Waals surface area contributed by atoms with Gasteiger partial charge >= 0.3 is 0 Å². The molecule has 25 heavy (non-hydrogen) atoms. The van der Waals surface area contributed by atoms with E-state index in [2.05, 4.69) is 10.4 Å². The minimum absolute atomic E-state index is 0.0191. The van der Waals surface area contributed by atoms with Crippen LogP contribution in [0.3, 0.4) is 0 Å². The fourth-order valence-electron chi connectivity index (χ4n) is 2.69. The highest BCUT2D eigenvalue weighted by Crippen LogP contribution is 2.27. The molecule has 1 amide bonds. The topological polar surface area (TPSA) is 65.4 Å². The van der Waals surface area contributed by atoms with E-state index in [-0.39, 0.29) is 5.91 Å². The number of aryl methyl sites for hydroxylation is 1. The summed E-state index contributed by atoms with van der Waals surface area (Å²) in [7, 11) is 3.19. The molecule has 0 saturated heterocycles. The second kappa shape index (κ2) is 7.70. The van der Waals surface area contributed by atoms with Crippen molar-refractivity contribution in [2.75, 3.05) is 14.2 Å². The number of nitrogens with one attached hydrogen (secondary N) is 1. The maximum atomic E-state index is 12.1. The SMILES string of the molecule is COc1ccc(CNC(=O)CCn2ncc3ccccc32)cc1OC. The van der Waals surface area contributed by atoms with Gasteiger partial charge in [0.1, 0.15) is 0 Å². The molecule has 0 unspecified atom stereocenters. The summed E-state index contributed by atoms with van der Waals surface area (Å²) in [5.74, 6) is 1.30. The highest BCUT2D eigenvalue weighted by Gasteiger charge is 2.08. The summed E-state index contributed by atoms with van der Waals surface area (Å²) in [4.78, 5) is 12.1. The van der Waals surface area contributed by atoms with Crippen LogP contribution in [0, 0.1) is 0 Å². The molecular formula is C19H21N3O3. The summed E-state index contributed by atoms with van der Waals surface area (Å²) in [6, 6.07) is 13.6. The van der Waals surface area contributed by atoms with Crippen LogP contribution in [0.1, 0.15) is 12.0 Å². The first-order valence-corrected chi connectivity index (χ1v) is 8.09. The fraction of sp³-hybridized carbons (Fsp3) is 0.263. The Morgan fingerprint density at radius 2 is 1.92 bits per heavy atom. The second-order valence-electron chi connectivity index (χ2n) is 5.64. The highest BCUT2D eigenvalue weighted by molar-refractivity contribution is 5.79. The Labute approximate surface area is 146 Å². The Morgan fingerprint density at radius 1 is 1.12 bits per heavy atom. The number of hydrogen-bond donors (Lipinski definition) is 1. The number of benzene rings is 2. The smallest absolute Gasteiger partial charge is 0.222 e. The molecule has 0 aliphatic carbocycles. The van der Waals surface area contributed by atoms with Crippen LogP contribution in [0.4, 0.5) is 0 Å². The highest BCUT2D eigenvalue weighted by atomic mass is 16.5. The van der Waals surface area contributed by atoms with Gasteiger partial charge in [-0.25, -0.2) is 0 Å². The number of carbonyl (C=O) groups is 1. The average molecular weight is 339 g/mol. The van der Waals surface area contributed by atoms with E-state index in [1.165, 1.54) is 0 Å². The van der Waals surface area contributed by atoms with Gasteiger partial charge in [0.25, 0.3) is 0 Å². The lowest BCUT2D eigenvalue weighted by atomic mass is 10.2. The van der Waals surface area contributed by atoms with Gasteiger partial charge in [-0.2, -0.15) is 5.10 Å². The first kappa shape index (κ1) is 16.8. The Hall–Kier alpha value is -3.02. The van der Waals surface area contributed by atoms with Gasteiger partial charge in [0.05, 0.1) is 32.5 Å². The molecule has 0 radical (unpaired) electrons. The van der Waals surface area contributed by atoms with Gasteiger partial charge in [-0.05, 0) is 23.8 Å².